The van der Waals surface area contributed by atoms with Gasteiger partial charge in [-0.2, -0.15) is 4.98 Å². The van der Waals surface area contributed by atoms with Crippen LogP contribution in [0.25, 0.3) is 0 Å². The van der Waals surface area contributed by atoms with Gasteiger partial charge in [-0.25, -0.2) is 4.39 Å². The van der Waals surface area contributed by atoms with Gasteiger partial charge in [0.1, 0.15) is 5.82 Å². The molecule has 0 aliphatic carbocycles. The zero-order valence-electron chi connectivity index (χ0n) is 14.8. The van der Waals surface area contributed by atoms with Crippen molar-refractivity contribution in [3.05, 3.63) is 47.4 Å². The molecule has 0 N–H and O–H groups in total. The van der Waals surface area contributed by atoms with Gasteiger partial charge < -0.3 is 9.42 Å². The van der Waals surface area contributed by atoms with Gasteiger partial charge in [-0.15, -0.1) is 0 Å². The number of carbonyl (C=O) groups excluding carboxylic acids is 1. The molecule has 0 unspecified atom stereocenters. The minimum atomic E-state index is -0.337. The molecule has 2 aromatic rings. The number of rotatable bonds is 3. The van der Waals surface area contributed by atoms with Gasteiger partial charge in [0.05, 0.1) is 6.54 Å². The van der Waals surface area contributed by atoms with Crippen molar-refractivity contribution in [3.8, 4) is 0 Å². The van der Waals surface area contributed by atoms with E-state index in [1.807, 2.05) is 20.8 Å². The molecule has 134 valence electrons. The fourth-order valence-electron chi connectivity index (χ4n) is 2.71. The van der Waals surface area contributed by atoms with Crippen molar-refractivity contribution in [1.82, 2.24) is 19.9 Å². The SMILES string of the molecule is CC(C)(C)c1nc(CN2CCN(C(=O)c3ccc(F)cc3)CC2)no1. The first-order valence-electron chi connectivity index (χ1n) is 8.43. The summed E-state index contributed by atoms with van der Waals surface area (Å²) in [6.45, 7) is 9.44. The van der Waals surface area contributed by atoms with Crippen LogP contribution in [0, 0.1) is 5.82 Å². The predicted molar refractivity (Wildman–Crippen MR) is 90.6 cm³/mol. The van der Waals surface area contributed by atoms with Gasteiger partial charge in [0, 0.05) is 37.2 Å². The number of benzene rings is 1. The molecular weight excluding hydrogens is 323 g/mol. The summed E-state index contributed by atoms with van der Waals surface area (Å²) in [5.74, 6) is 0.904. The summed E-state index contributed by atoms with van der Waals surface area (Å²) in [4.78, 5) is 20.9. The number of piperazine rings is 1. The third-order valence-corrected chi connectivity index (χ3v) is 4.23. The number of aromatic nitrogens is 2. The highest BCUT2D eigenvalue weighted by Crippen LogP contribution is 2.20. The summed E-state index contributed by atoms with van der Waals surface area (Å²) in [7, 11) is 0. The number of carbonyl (C=O) groups is 1. The van der Waals surface area contributed by atoms with Gasteiger partial charge in [0.25, 0.3) is 5.91 Å². The molecule has 1 aliphatic rings. The highest BCUT2D eigenvalue weighted by atomic mass is 19.1. The molecule has 0 atom stereocenters. The Morgan fingerprint density at radius 2 is 1.80 bits per heavy atom. The lowest BCUT2D eigenvalue weighted by Crippen LogP contribution is -2.48. The van der Waals surface area contributed by atoms with Crippen molar-refractivity contribution < 1.29 is 13.7 Å². The van der Waals surface area contributed by atoms with E-state index >= 15 is 0 Å². The lowest BCUT2D eigenvalue weighted by molar-refractivity contribution is 0.0624. The Kier molecular flexibility index (Phi) is 4.85. The van der Waals surface area contributed by atoms with Crippen molar-refractivity contribution in [2.75, 3.05) is 26.2 Å². The minimum Gasteiger partial charge on any atom is -0.339 e. The van der Waals surface area contributed by atoms with Crippen LogP contribution >= 0.6 is 0 Å². The molecule has 1 aromatic heterocycles. The monoisotopic (exact) mass is 346 g/mol. The molecule has 3 rings (SSSR count). The van der Waals surface area contributed by atoms with Crippen molar-refractivity contribution in [1.29, 1.82) is 0 Å². The van der Waals surface area contributed by atoms with Gasteiger partial charge in [0.15, 0.2) is 5.82 Å². The molecule has 0 radical (unpaired) electrons. The molecule has 7 heteroatoms. The lowest BCUT2D eigenvalue weighted by atomic mass is 9.97. The second-order valence-corrected chi connectivity index (χ2v) is 7.34. The van der Waals surface area contributed by atoms with E-state index in [0.29, 0.717) is 36.9 Å². The Morgan fingerprint density at radius 1 is 1.16 bits per heavy atom. The molecule has 1 fully saturated rings. The smallest absolute Gasteiger partial charge is 0.253 e. The van der Waals surface area contributed by atoms with Gasteiger partial charge in [0.2, 0.25) is 5.89 Å². The molecule has 1 aliphatic heterocycles. The van der Waals surface area contributed by atoms with E-state index in [-0.39, 0.29) is 17.1 Å². The quantitative estimate of drug-likeness (QED) is 0.854. The molecule has 0 saturated carbocycles. The highest BCUT2D eigenvalue weighted by Gasteiger charge is 2.25. The Labute approximate surface area is 146 Å². The number of nitrogens with zero attached hydrogens (tertiary/aromatic N) is 4. The Bertz CT molecular complexity index is 728. The van der Waals surface area contributed by atoms with Crippen molar-refractivity contribution in [3.63, 3.8) is 0 Å². The standard InChI is InChI=1S/C18H23FN4O2/c1-18(2,3)17-20-15(21-25-17)12-22-8-10-23(11-9-22)16(24)13-4-6-14(19)7-5-13/h4-7H,8-12H2,1-3H3. The van der Waals surface area contributed by atoms with Crippen molar-refractivity contribution in [2.24, 2.45) is 0 Å². The van der Waals surface area contributed by atoms with Crippen LogP contribution in [0.5, 0.6) is 0 Å². The number of halogens is 1. The lowest BCUT2D eigenvalue weighted by Gasteiger charge is -2.34. The summed E-state index contributed by atoms with van der Waals surface area (Å²) < 4.78 is 18.3. The summed E-state index contributed by atoms with van der Waals surface area (Å²) in [6, 6.07) is 5.67. The maximum absolute atomic E-state index is 13.0. The van der Waals surface area contributed by atoms with E-state index in [4.69, 9.17) is 4.52 Å². The number of amides is 1. The van der Waals surface area contributed by atoms with Crippen LogP contribution in [0.15, 0.2) is 28.8 Å². The number of hydrogen-bond acceptors (Lipinski definition) is 5. The van der Waals surface area contributed by atoms with Crippen LogP contribution < -0.4 is 0 Å². The van der Waals surface area contributed by atoms with Crippen LogP contribution in [-0.2, 0) is 12.0 Å². The molecular formula is C18H23FN4O2. The summed E-state index contributed by atoms with van der Waals surface area (Å²) in [5.41, 5.74) is 0.355. The largest absolute Gasteiger partial charge is 0.339 e. The van der Waals surface area contributed by atoms with Crippen molar-refractivity contribution in [2.45, 2.75) is 32.7 Å². The fourth-order valence-corrected chi connectivity index (χ4v) is 2.71. The first kappa shape index (κ1) is 17.5. The summed E-state index contributed by atoms with van der Waals surface area (Å²) in [6.07, 6.45) is 0. The molecule has 25 heavy (non-hydrogen) atoms. The molecule has 2 heterocycles. The van der Waals surface area contributed by atoms with E-state index in [0.717, 1.165) is 13.1 Å². The average Bonchev–Trinajstić information content (AvgIpc) is 3.04. The van der Waals surface area contributed by atoms with E-state index in [1.54, 1.807) is 4.90 Å². The molecule has 0 spiro atoms. The van der Waals surface area contributed by atoms with E-state index in [9.17, 15) is 9.18 Å². The molecule has 1 amide bonds. The van der Waals surface area contributed by atoms with E-state index in [2.05, 4.69) is 15.0 Å². The predicted octanol–water partition coefficient (Wildman–Crippen LogP) is 2.46. The highest BCUT2D eigenvalue weighted by molar-refractivity contribution is 5.94. The third-order valence-electron chi connectivity index (χ3n) is 4.23. The third kappa shape index (κ3) is 4.22. The van der Waals surface area contributed by atoms with Gasteiger partial charge in [-0.3, -0.25) is 9.69 Å². The molecule has 1 aromatic carbocycles. The van der Waals surface area contributed by atoms with Crippen LogP contribution in [0.1, 0.15) is 42.8 Å². The minimum absolute atomic E-state index is 0.0609. The van der Waals surface area contributed by atoms with Crippen molar-refractivity contribution >= 4 is 5.91 Å². The number of hydrogen-bond donors (Lipinski definition) is 0. The van der Waals surface area contributed by atoms with E-state index < -0.39 is 0 Å². The zero-order valence-corrected chi connectivity index (χ0v) is 14.8. The zero-order chi connectivity index (χ0) is 18.0. The maximum atomic E-state index is 13.0. The van der Waals surface area contributed by atoms with Gasteiger partial charge >= 0.3 is 0 Å². The Morgan fingerprint density at radius 3 is 2.36 bits per heavy atom. The average molecular weight is 346 g/mol. The second kappa shape index (κ2) is 6.92. The first-order valence-corrected chi connectivity index (χ1v) is 8.43. The first-order chi connectivity index (χ1) is 11.8. The maximum Gasteiger partial charge on any atom is 0.253 e. The molecule has 1 saturated heterocycles. The molecule has 6 nitrogen and oxygen atoms in total. The van der Waals surface area contributed by atoms with Crippen LogP contribution in [-0.4, -0.2) is 52.0 Å². The normalized spacial score (nSPS) is 16.2. The van der Waals surface area contributed by atoms with Crippen LogP contribution in [0.3, 0.4) is 0 Å². The van der Waals surface area contributed by atoms with E-state index in [1.165, 1.54) is 24.3 Å². The Hall–Kier alpha value is -2.28. The second-order valence-electron chi connectivity index (χ2n) is 7.34. The van der Waals surface area contributed by atoms with Crippen LogP contribution in [0.4, 0.5) is 4.39 Å². The van der Waals surface area contributed by atoms with Gasteiger partial charge in [-0.05, 0) is 24.3 Å². The Balaban J connectivity index is 1.54. The van der Waals surface area contributed by atoms with Gasteiger partial charge in [-0.1, -0.05) is 25.9 Å². The molecule has 0 bridgehead atoms. The topological polar surface area (TPSA) is 62.5 Å². The summed E-state index contributed by atoms with van der Waals surface area (Å²) >= 11 is 0. The summed E-state index contributed by atoms with van der Waals surface area (Å²) in [5, 5.41) is 4.04. The van der Waals surface area contributed by atoms with Crippen LogP contribution in [0.2, 0.25) is 0 Å². The fraction of sp³-hybridized carbons (Fsp3) is 0.500.